The number of nitrogens with zero attached hydrogens (tertiary/aromatic N) is 1. The summed E-state index contributed by atoms with van der Waals surface area (Å²) < 4.78 is 6.15. The maximum absolute atomic E-state index is 10.4. The van der Waals surface area contributed by atoms with Crippen molar-refractivity contribution < 1.29 is 9.84 Å². The summed E-state index contributed by atoms with van der Waals surface area (Å²) in [6.45, 7) is 1.98. The van der Waals surface area contributed by atoms with Crippen LogP contribution in [0.1, 0.15) is 22.9 Å². The Bertz CT molecular complexity index is 537. The van der Waals surface area contributed by atoms with Crippen LogP contribution in [-0.4, -0.2) is 17.2 Å². The average molecular weight is 308 g/mol. The zero-order valence-electron chi connectivity index (χ0n) is 10.2. The van der Waals surface area contributed by atoms with Crippen LogP contribution < -0.4 is 4.74 Å². The van der Waals surface area contributed by atoms with Crippen molar-refractivity contribution in [2.75, 3.05) is 7.11 Å². The Morgan fingerprint density at radius 1 is 1.33 bits per heavy atom. The molecular weight excluding hydrogens is 294 g/mol. The molecule has 1 unspecified atom stereocenters. The second kappa shape index (κ2) is 5.50. The normalized spacial score (nSPS) is 12.2. The van der Waals surface area contributed by atoms with E-state index in [2.05, 4.69) is 20.9 Å². The van der Waals surface area contributed by atoms with Crippen LogP contribution in [0.25, 0.3) is 0 Å². The van der Waals surface area contributed by atoms with Crippen LogP contribution in [0.2, 0.25) is 0 Å². The summed E-state index contributed by atoms with van der Waals surface area (Å²) in [5.74, 6) is 0.586. The molecule has 0 saturated heterocycles. The minimum absolute atomic E-state index is 0.525. The van der Waals surface area contributed by atoms with E-state index < -0.39 is 6.10 Å². The summed E-state index contributed by atoms with van der Waals surface area (Å²) in [7, 11) is 1.57. The summed E-state index contributed by atoms with van der Waals surface area (Å²) in [4.78, 5) is 4.19. The van der Waals surface area contributed by atoms with Gasteiger partial charge in [0.1, 0.15) is 17.5 Å². The summed E-state index contributed by atoms with van der Waals surface area (Å²) in [5, 5.41) is 10.4. The predicted molar refractivity (Wildman–Crippen MR) is 73.7 cm³/mol. The number of aryl methyl sites for hydroxylation is 1. The standard InChI is InChI=1S/C14H14BrNO2/c1-9-6-10(8-11(15)7-9)14(17)13-12(18-2)4-3-5-16-13/h3-8,14,17H,1-2H3. The lowest BCUT2D eigenvalue weighted by molar-refractivity contribution is 0.209. The predicted octanol–water partition coefficient (Wildman–Crippen LogP) is 3.24. The van der Waals surface area contributed by atoms with Gasteiger partial charge >= 0.3 is 0 Å². The monoisotopic (exact) mass is 307 g/mol. The van der Waals surface area contributed by atoms with Crippen LogP contribution in [-0.2, 0) is 0 Å². The second-order valence-electron chi connectivity index (χ2n) is 4.06. The average Bonchev–Trinajstić information content (AvgIpc) is 2.36. The van der Waals surface area contributed by atoms with Gasteiger partial charge in [-0.1, -0.05) is 22.0 Å². The quantitative estimate of drug-likeness (QED) is 0.946. The topological polar surface area (TPSA) is 42.4 Å². The number of halogens is 1. The van der Waals surface area contributed by atoms with Gasteiger partial charge in [0.25, 0.3) is 0 Å². The molecular formula is C14H14BrNO2. The molecule has 0 amide bonds. The molecule has 0 spiro atoms. The lowest BCUT2D eigenvalue weighted by Crippen LogP contribution is -2.05. The highest BCUT2D eigenvalue weighted by Gasteiger charge is 2.17. The third-order valence-electron chi connectivity index (χ3n) is 2.66. The minimum Gasteiger partial charge on any atom is -0.495 e. The molecule has 0 fully saturated rings. The van der Waals surface area contributed by atoms with E-state index in [0.29, 0.717) is 11.4 Å². The molecule has 0 aliphatic heterocycles. The number of pyridine rings is 1. The first-order valence-corrected chi connectivity index (χ1v) is 6.35. The molecule has 4 heteroatoms. The zero-order valence-corrected chi connectivity index (χ0v) is 11.8. The minimum atomic E-state index is -0.794. The molecule has 2 rings (SSSR count). The van der Waals surface area contributed by atoms with Gasteiger partial charge in [-0.2, -0.15) is 0 Å². The maximum Gasteiger partial charge on any atom is 0.143 e. The van der Waals surface area contributed by atoms with Crippen molar-refractivity contribution in [3.8, 4) is 5.75 Å². The highest BCUT2D eigenvalue weighted by Crippen LogP contribution is 2.29. The van der Waals surface area contributed by atoms with Gasteiger partial charge in [-0.05, 0) is 42.3 Å². The van der Waals surface area contributed by atoms with Gasteiger partial charge in [-0.25, -0.2) is 0 Å². The van der Waals surface area contributed by atoms with Crippen LogP contribution in [0, 0.1) is 6.92 Å². The summed E-state index contributed by atoms with van der Waals surface area (Å²) in [5.41, 5.74) is 2.39. The van der Waals surface area contributed by atoms with Gasteiger partial charge in [0, 0.05) is 10.7 Å². The Morgan fingerprint density at radius 3 is 2.78 bits per heavy atom. The molecule has 1 aromatic heterocycles. The third kappa shape index (κ3) is 2.71. The van der Waals surface area contributed by atoms with E-state index in [1.165, 1.54) is 0 Å². The first-order valence-electron chi connectivity index (χ1n) is 5.56. The van der Waals surface area contributed by atoms with Crippen molar-refractivity contribution in [1.82, 2.24) is 4.98 Å². The second-order valence-corrected chi connectivity index (χ2v) is 4.97. The first-order chi connectivity index (χ1) is 8.61. The van der Waals surface area contributed by atoms with Crippen LogP contribution >= 0.6 is 15.9 Å². The van der Waals surface area contributed by atoms with E-state index in [1.807, 2.05) is 25.1 Å². The Labute approximate surface area is 115 Å². The number of hydrogen-bond acceptors (Lipinski definition) is 3. The molecule has 0 aliphatic rings. The number of aliphatic hydroxyl groups is 1. The van der Waals surface area contributed by atoms with E-state index in [-0.39, 0.29) is 0 Å². The first kappa shape index (κ1) is 13.1. The van der Waals surface area contributed by atoms with Crippen LogP contribution in [0.3, 0.4) is 0 Å². The SMILES string of the molecule is COc1cccnc1C(O)c1cc(C)cc(Br)c1. The third-order valence-corrected chi connectivity index (χ3v) is 3.12. The molecule has 1 atom stereocenters. The molecule has 1 N–H and O–H groups in total. The Hall–Kier alpha value is -1.39. The Morgan fingerprint density at radius 2 is 2.11 bits per heavy atom. The van der Waals surface area contributed by atoms with Crippen molar-refractivity contribution in [1.29, 1.82) is 0 Å². The summed E-state index contributed by atoms with van der Waals surface area (Å²) >= 11 is 3.43. The molecule has 94 valence electrons. The zero-order chi connectivity index (χ0) is 13.1. The molecule has 1 aromatic carbocycles. The Balaban J connectivity index is 2.44. The number of hydrogen-bond donors (Lipinski definition) is 1. The van der Waals surface area contributed by atoms with Gasteiger partial charge in [0.2, 0.25) is 0 Å². The van der Waals surface area contributed by atoms with Gasteiger partial charge in [0.05, 0.1) is 7.11 Å². The van der Waals surface area contributed by atoms with E-state index >= 15 is 0 Å². The van der Waals surface area contributed by atoms with E-state index in [4.69, 9.17) is 4.74 Å². The molecule has 0 bridgehead atoms. The molecule has 0 saturated carbocycles. The fourth-order valence-corrected chi connectivity index (χ4v) is 2.49. The van der Waals surface area contributed by atoms with Gasteiger partial charge in [0.15, 0.2) is 0 Å². The highest BCUT2D eigenvalue weighted by molar-refractivity contribution is 9.10. The van der Waals surface area contributed by atoms with Crippen LogP contribution in [0.4, 0.5) is 0 Å². The molecule has 1 heterocycles. The number of methoxy groups -OCH3 is 1. The largest absolute Gasteiger partial charge is 0.495 e. The molecule has 3 nitrogen and oxygen atoms in total. The number of aliphatic hydroxyl groups excluding tert-OH is 1. The molecule has 2 aromatic rings. The number of aromatic nitrogens is 1. The number of rotatable bonds is 3. The molecule has 0 radical (unpaired) electrons. The smallest absolute Gasteiger partial charge is 0.143 e. The maximum atomic E-state index is 10.4. The lowest BCUT2D eigenvalue weighted by Gasteiger charge is -2.14. The van der Waals surface area contributed by atoms with Crippen LogP contribution in [0.15, 0.2) is 41.0 Å². The number of benzene rings is 1. The van der Waals surface area contributed by atoms with Crippen molar-refractivity contribution in [2.24, 2.45) is 0 Å². The van der Waals surface area contributed by atoms with Gasteiger partial charge in [-0.3, -0.25) is 4.98 Å². The number of ether oxygens (including phenoxy) is 1. The molecule has 18 heavy (non-hydrogen) atoms. The highest BCUT2D eigenvalue weighted by atomic mass is 79.9. The van der Waals surface area contributed by atoms with Gasteiger partial charge < -0.3 is 9.84 Å². The Kier molecular flexibility index (Phi) is 3.99. The fourth-order valence-electron chi connectivity index (χ4n) is 1.86. The van der Waals surface area contributed by atoms with Crippen LogP contribution in [0.5, 0.6) is 5.75 Å². The van der Waals surface area contributed by atoms with Gasteiger partial charge in [-0.15, -0.1) is 0 Å². The molecule has 0 aliphatic carbocycles. The fraction of sp³-hybridized carbons (Fsp3) is 0.214. The lowest BCUT2D eigenvalue weighted by atomic mass is 10.0. The van der Waals surface area contributed by atoms with Crippen molar-refractivity contribution >= 4 is 15.9 Å². The van der Waals surface area contributed by atoms with Crippen molar-refractivity contribution in [3.63, 3.8) is 0 Å². The van der Waals surface area contributed by atoms with Crippen molar-refractivity contribution in [2.45, 2.75) is 13.0 Å². The van der Waals surface area contributed by atoms with E-state index in [9.17, 15) is 5.11 Å². The van der Waals surface area contributed by atoms with Crippen molar-refractivity contribution in [3.05, 3.63) is 57.8 Å². The summed E-state index contributed by atoms with van der Waals surface area (Å²) in [6.07, 6.45) is 0.851. The summed E-state index contributed by atoms with van der Waals surface area (Å²) in [6, 6.07) is 9.37. The van der Waals surface area contributed by atoms with E-state index in [0.717, 1.165) is 15.6 Å². The van der Waals surface area contributed by atoms with E-state index in [1.54, 1.807) is 25.4 Å².